The summed E-state index contributed by atoms with van der Waals surface area (Å²) in [6.45, 7) is 3.72. The van der Waals surface area contributed by atoms with E-state index < -0.39 is 9.84 Å². The summed E-state index contributed by atoms with van der Waals surface area (Å²) in [5, 5.41) is 3.12. The zero-order chi connectivity index (χ0) is 16.7. The number of ether oxygens (including phenoxy) is 1. The van der Waals surface area contributed by atoms with Gasteiger partial charge in [0.1, 0.15) is 22.2 Å². The molecular formula is C18H23NO3S. The molecule has 0 heterocycles. The molecule has 0 saturated heterocycles. The van der Waals surface area contributed by atoms with Crippen LogP contribution in [0.25, 0.3) is 0 Å². The van der Waals surface area contributed by atoms with Crippen LogP contribution in [0.3, 0.4) is 0 Å². The molecule has 124 valence electrons. The van der Waals surface area contributed by atoms with Gasteiger partial charge in [0.05, 0.1) is 5.75 Å². The van der Waals surface area contributed by atoms with Gasteiger partial charge < -0.3 is 10.1 Å². The number of hydrogen-bond acceptors (Lipinski definition) is 4. The molecule has 0 unspecified atom stereocenters. The molecule has 0 aliphatic rings. The lowest BCUT2D eigenvalue weighted by Crippen LogP contribution is -2.21. The summed E-state index contributed by atoms with van der Waals surface area (Å²) in [7, 11) is -2.90. The second kappa shape index (κ2) is 8.13. The van der Waals surface area contributed by atoms with Gasteiger partial charge in [0.25, 0.3) is 0 Å². The van der Waals surface area contributed by atoms with E-state index in [1.165, 1.54) is 11.8 Å². The zero-order valence-corrected chi connectivity index (χ0v) is 14.4. The Morgan fingerprint density at radius 1 is 0.957 bits per heavy atom. The third-order valence-electron chi connectivity index (χ3n) is 3.43. The summed E-state index contributed by atoms with van der Waals surface area (Å²) >= 11 is 0. The summed E-state index contributed by atoms with van der Waals surface area (Å²) in [4.78, 5) is 0. The second-order valence-corrected chi connectivity index (χ2v) is 7.98. The predicted octanol–water partition coefficient (Wildman–Crippen LogP) is 2.71. The molecule has 23 heavy (non-hydrogen) atoms. The first kappa shape index (κ1) is 17.5. The monoisotopic (exact) mass is 333 g/mol. The molecule has 0 saturated carbocycles. The zero-order valence-electron chi connectivity index (χ0n) is 13.6. The molecule has 0 aromatic heterocycles. The van der Waals surface area contributed by atoms with Crippen molar-refractivity contribution in [3.05, 3.63) is 65.2 Å². The maximum absolute atomic E-state index is 11.0. The van der Waals surface area contributed by atoms with Gasteiger partial charge in [0.15, 0.2) is 0 Å². The lowest BCUT2D eigenvalue weighted by Gasteiger charge is -2.08. The van der Waals surface area contributed by atoms with E-state index in [1.807, 2.05) is 24.3 Å². The molecule has 1 N–H and O–H groups in total. The van der Waals surface area contributed by atoms with E-state index in [-0.39, 0.29) is 5.75 Å². The minimum Gasteiger partial charge on any atom is -0.489 e. The smallest absolute Gasteiger partial charge is 0.148 e. The Bertz CT molecular complexity index is 707. The van der Waals surface area contributed by atoms with Crippen molar-refractivity contribution < 1.29 is 13.2 Å². The number of hydrogen-bond donors (Lipinski definition) is 1. The predicted molar refractivity (Wildman–Crippen MR) is 93.4 cm³/mol. The Hall–Kier alpha value is -1.85. The van der Waals surface area contributed by atoms with Crippen LogP contribution in [-0.2, 0) is 23.0 Å². The van der Waals surface area contributed by atoms with Crippen molar-refractivity contribution in [3.8, 4) is 5.75 Å². The van der Waals surface area contributed by atoms with Crippen LogP contribution in [0, 0.1) is 6.92 Å². The molecule has 0 spiro atoms. The van der Waals surface area contributed by atoms with Crippen LogP contribution in [0.1, 0.15) is 16.7 Å². The van der Waals surface area contributed by atoms with Gasteiger partial charge in [-0.05, 0) is 30.2 Å². The number of aryl methyl sites for hydroxylation is 1. The maximum atomic E-state index is 11.0. The minimum atomic E-state index is -2.90. The van der Waals surface area contributed by atoms with Crippen molar-refractivity contribution in [3.63, 3.8) is 0 Å². The van der Waals surface area contributed by atoms with E-state index in [0.29, 0.717) is 19.7 Å². The molecule has 2 rings (SSSR count). The summed E-state index contributed by atoms with van der Waals surface area (Å²) in [6.07, 6.45) is 1.24. The summed E-state index contributed by atoms with van der Waals surface area (Å²) in [5.74, 6) is 0.982. The van der Waals surface area contributed by atoms with Crippen molar-refractivity contribution >= 4 is 9.84 Å². The summed E-state index contributed by atoms with van der Waals surface area (Å²) in [6, 6.07) is 16.1. The Morgan fingerprint density at radius 2 is 1.57 bits per heavy atom. The Labute approximate surface area is 138 Å². The highest BCUT2D eigenvalue weighted by molar-refractivity contribution is 7.90. The fourth-order valence-electron chi connectivity index (χ4n) is 2.04. The highest BCUT2D eigenvalue weighted by Crippen LogP contribution is 2.14. The Kier molecular flexibility index (Phi) is 6.19. The first-order chi connectivity index (χ1) is 10.9. The minimum absolute atomic E-state index is 0.157. The van der Waals surface area contributed by atoms with Gasteiger partial charge in [0.2, 0.25) is 0 Å². The first-order valence-electron chi connectivity index (χ1n) is 7.58. The van der Waals surface area contributed by atoms with Gasteiger partial charge in [-0.25, -0.2) is 8.42 Å². The van der Waals surface area contributed by atoms with Crippen LogP contribution < -0.4 is 10.1 Å². The Balaban J connectivity index is 1.76. The molecule has 0 fully saturated rings. The summed E-state index contributed by atoms with van der Waals surface area (Å²) in [5.41, 5.74) is 3.48. The van der Waals surface area contributed by atoms with Gasteiger partial charge in [-0.2, -0.15) is 0 Å². The van der Waals surface area contributed by atoms with Crippen LogP contribution in [0.2, 0.25) is 0 Å². The van der Waals surface area contributed by atoms with E-state index in [2.05, 4.69) is 36.5 Å². The molecule has 0 bridgehead atoms. The molecule has 2 aromatic rings. The van der Waals surface area contributed by atoms with Gasteiger partial charge in [-0.3, -0.25) is 0 Å². The second-order valence-electron chi connectivity index (χ2n) is 5.72. The topological polar surface area (TPSA) is 55.4 Å². The van der Waals surface area contributed by atoms with Gasteiger partial charge in [-0.15, -0.1) is 0 Å². The number of nitrogens with one attached hydrogen (secondary N) is 1. The molecule has 0 atom stereocenters. The van der Waals surface area contributed by atoms with Crippen LogP contribution in [0.15, 0.2) is 48.5 Å². The van der Waals surface area contributed by atoms with Crippen molar-refractivity contribution in [1.29, 1.82) is 0 Å². The van der Waals surface area contributed by atoms with E-state index >= 15 is 0 Å². The molecule has 0 aliphatic carbocycles. The van der Waals surface area contributed by atoms with E-state index in [9.17, 15) is 8.42 Å². The van der Waals surface area contributed by atoms with Crippen molar-refractivity contribution in [2.75, 3.05) is 18.6 Å². The molecule has 0 amide bonds. The number of rotatable bonds is 8. The largest absolute Gasteiger partial charge is 0.489 e. The van der Waals surface area contributed by atoms with Crippen molar-refractivity contribution in [1.82, 2.24) is 5.32 Å². The summed E-state index contributed by atoms with van der Waals surface area (Å²) < 4.78 is 27.8. The maximum Gasteiger partial charge on any atom is 0.148 e. The fraction of sp³-hybridized carbons (Fsp3) is 0.333. The van der Waals surface area contributed by atoms with Gasteiger partial charge in [0, 0.05) is 19.3 Å². The molecule has 2 aromatic carbocycles. The Morgan fingerprint density at radius 3 is 2.17 bits per heavy atom. The normalized spacial score (nSPS) is 11.4. The van der Waals surface area contributed by atoms with Crippen LogP contribution in [0.5, 0.6) is 5.75 Å². The highest BCUT2D eigenvalue weighted by atomic mass is 32.2. The fourth-order valence-corrected chi connectivity index (χ4v) is 2.56. The quantitative estimate of drug-likeness (QED) is 0.755. The third-order valence-corrected chi connectivity index (χ3v) is 4.37. The molecular weight excluding hydrogens is 310 g/mol. The molecule has 4 nitrogen and oxygen atoms in total. The van der Waals surface area contributed by atoms with Crippen molar-refractivity contribution in [2.24, 2.45) is 0 Å². The third kappa shape index (κ3) is 6.84. The van der Waals surface area contributed by atoms with Crippen molar-refractivity contribution in [2.45, 2.75) is 20.1 Å². The molecule has 0 radical (unpaired) electrons. The number of benzene rings is 2. The molecule has 0 aliphatic heterocycles. The van der Waals surface area contributed by atoms with E-state index in [0.717, 1.165) is 16.9 Å². The van der Waals surface area contributed by atoms with Gasteiger partial charge >= 0.3 is 0 Å². The first-order valence-corrected chi connectivity index (χ1v) is 9.64. The van der Waals surface area contributed by atoms with Gasteiger partial charge in [-0.1, -0.05) is 42.0 Å². The highest BCUT2D eigenvalue weighted by Gasteiger charge is 2.01. The standard InChI is InChI=1S/C18H23NO3S/c1-15-3-5-17(6-4-15)14-22-18-9-7-16(8-10-18)13-19-11-12-23(2,20)21/h3-10,19H,11-14H2,1-2H3. The van der Waals surface area contributed by atoms with Crippen LogP contribution in [0.4, 0.5) is 0 Å². The van der Waals surface area contributed by atoms with E-state index in [1.54, 1.807) is 0 Å². The lowest BCUT2D eigenvalue weighted by atomic mass is 10.2. The van der Waals surface area contributed by atoms with Crippen LogP contribution in [-0.4, -0.2) is 27.0 Å². The van der Waals surface area contributed by atoms with Crippen LogP contribution >= 0.6 is 0 Å². The molecule has 5 heteroatoms. The average molecular weight is 333 g/mol. The lowest BCUT2D eigenvalue weighted by molar-refractivity contribution is 0.306. The average Bonchev–Trinajstić information content (AvgIpc) is 2.51. The number of sulfone groups is 1. The SMILES string of the molecule is Cc1ccc(COc2ccc(CNCCS(C)(=O)=O)cc2)cc1. The van der Waals surface area contributed by atoms with E-state index in [4.69, 9.17) is 4.74 Å².